The van der Waals surface area contributed by atoms with E-state index in [1.807, 2.05) is 0 Å². The monoisotopic (exact) mass is 345 g/mol. The zero-order chi connectivity index (χ0) is 17.3. The summed E-state index contributed by atoms with van der Waals surface area (Å²) in [4.78, 5) is 3.72. The van der Waals surface area contributed by atoms with Crippen LogP contribution in [0.5, 0.6) is 0 Å². The van der Waals surface area contributed by atoms with Crippen molar-refractivity contribution in [3.8, 4) is 0 Å². The highest BCUT2D eigenvalue weighted by atomic mass is 32.2. The first kappa shape index (κ1) is 17.5. The summed E-state index contributed by atoms with van der Waals surface area (Å²) in [6.07, 6.45) is 2.48. The van der Waals surface area contributed by atoms with Gasteiger partial charge >= 0.3 is 0 Å². The summed E-state index contributed by atoms with van der Waals surface area (Å²) in [5.41, 5.74) is -2.43. The van der Waals surface area contributed by atoms with Crippen LogP contribution < -0.4 is 0 Å². The molecule has 0 aliphatic heterocycles. The van der Waals surface area contributed by atoms with Gasteiger partial charge < -0.3 is 5.11 Å². The molecular weight excluding hydrogens is 328 g/mol. The predicted molar refractivity (Wildman–Crippen MR) is 79.2 cm³/mol. The quantitative estimate of drug-likeness (QED) is 0.852. The van der Waals surface area contributed by atoms with Crippen LogP contribution in [-0.2, 0) is 22.0 Å². The molecule has 1 N–H and O–H groups in total. The van der Waals surface area contributed by atoms with Crippen molar-refractivity contribution in [3.05, 3.63) is 48.1 Å². The first-order valence-corrected chi connectivity index (χ1v) is 8.64. The molecule has 9 heteroatoms. The van der Waals surface area contributed by atoms with Crippen LogP contribution in [0, 0.1) is 11.6 Å². The lowest BCUT2D eigenvalue weighted by atomic mass is 9.90. The average molecular weight is 345 g/mol. The van der Waals surface area contributed by atoms with Gasteiger partial charge in [0.2, 0.25) is 0 Å². The molecule has 1 aromatic heterocycles. The largest absolute Gasteiger partial charge is 0.382 e. The molecule has 0 aliphatic rings. The van der Waals surface area contributed by atoms with Crippen molar-refractivity contribution < 1.29 is 22.3 Å². The van der Waals surface area contributed by atoms with Gasteiger partial charge in [-0.25, -0.2) is 26.9 Å². The van der Waals surface area contributed by atoms with Crippen LogP contribution in [0.3, 0.4) is 0 Å². The SMILES string of the molecule is CCS(=O)(=O)[C@H](C)[C@](O)(Cn1cncn1)c1ccc(F)cc1F. The van der Waals surface area contributed by atoms with Crippen molar-refractivity contribution >= 4 is 9.84 Å². The predicted octanol–water partition coefficient (Wildman–Crippen LogP) is 1.27. The molecule has 0 unspecified atom stereocenters. The molecule has 2 atom stereocenters. The molecule has 2 aromatic rings. The molecule has 0 aliphatic carbocycles. The normalized spacial score (nSPS) is 16.0. The third-order valence-electron chi connectivity index (χ3n) is 3.88. The van der Waals surface area contributed by atoms with Crippen LogP contribution >= 0.6 is 0 Å². The van der Waals surface area contributed by atoms with Gasteiger partial charge in [0, 0.05) is 17.4 Å². The Kier molecular flexibility index (Phi) is 4.81. The maximum Gasteiger partial charge on any atom is 0.155 e. The first-order valence-electron chi connectivity index (χ1n) is 6.92. The van der Waals surface area contributed by atoms with Crippen molar-refractivity contribution in [2.45, 2.75) is 31.2 Å². The van der Waals surface area contributed by atoms with Crippen LogP contribution in [0.25, 0.3) is 0 Å². The van der Waals surface area contributed by atoms with Crippen molar-refractivity contribution in [2.24, 2.45) is 0 Å². The van der Waals surface area contributed by atoms with Gasteiger partial charge in [0.15, 0.2) is 9.84 Å². The van der Waals surface area contributed by atoms with E-state index in [1.165, 1.54) is 31.2 Å². The molecule has 23 heavy (non-hydrogen) atoms. The highest BCUT2D eigenvalue weighted by molar-refractivity contribution is 7.92. The topological polar surface area (TPSA) is 85.1 Å². The van der Waals surface area contributed by atoms with Gasteiger partial charge in [-0.1, -0.05) is 13.0 Å². The smallest absolute Gasteiger partial charge is 0.155 e. The van der Waals surface area contributed by atoms with E-state index in [1.54, 1.807) is 0 Å². The highest BCUT2D eigenvalue weighted by Gasteiger charge is 2.45. The molecule has 1 aromatic carbocycles. The fraction of sp³-hybridized carbons (Fsp3) is 0.429. The van der Waals surface area contributed by atoms with Crippen LogP contribution in [0.4, 0.5) is 8.78 Å². The first-order chi connectivity index (χ1) is 10.7. The zero-order valence-corrected chi connectivity index (χ0v) is 13.5. The van der Waals surface area contributed by atoms with Gasteiger partial charge in [0.05, 0.1) is 11.8 Å². The molecule has 0 bridgehead atoms. The third-order valence-corrected chi connectivity index (χ3v) is 6.15. The Balaban J connectivity index is 2.59. The Bertz CT molecular complexity index is 781. The van der Waals surface area contributed by atoms with Gasteiger partial charge in [-0.3, -0.25) is 0 Å². The van der Waals surface area contributed by atoms with Crippen molar-refractivity contribution in [2.75, 3.05) is 5.75 Å². The molecule has 0 spiro atoms. The van der Waals surface area contributed by atoms with E-state index in [0.29, 0.717) is 6.07 Å². The van der Waals surface area contributed by atoms with Crippen LogP contribution in [-0.4, -0.2) is 39.3 Å². The number of hydrogen-bond donors (Lipinski definition) is 1. The summed E-state index contributed by atoms with van der Waals surface area (Å²) in [5, 5.41) is 13.5. The Morgan fingerprint density at radius 3 is 2.61 bits per heavy atom. The number of rotatable bonds is 6. The van der Waals surface area contributed by atoms with E-state index >= 15 is 0 Å². The minimum absolute atomic E-state index is 0.226. The lowest BCUT2D eigenvalue weighted by Crippen LogP contribution is -2.47. The van der Waals surface area contributed by atoms with E-state index in [4.69, 9.17) is 0 Å². The number of halogens is 2. The summed E-state index contributed by atoms with van der Waals surface area (Å²) < 4.78 is 53.0. The fourth-order valence-corrected chi connectivity index (χ4v) is 3.68. The van der Waals surface area contributed by atoms with E-state index in [0.717, 1.165) is 12.1 Å². The van der Waals surface area contributed by atoms with E-state index in [-0.39, 0.29) is 17.9 Å². The van der Waals surface area contributed by atoms with Gasteiger partial charge in [-0.2, -0.15) is 5.10 Å². The third kappa shape index (κ3) is 3.40. The second kappa shape index (κ2) is 6.32. The van der Waals surface area contributed by atoms with E-state index < -0.39 is 32.3 Å². The zero-order valence-electron chi connectivity index (χ0n) is 12.6. The number of benzene rings is 1. The summed E-state index contributed by atoms with van der Waals surface area (Å²) in [6, 6.07) is 2.62. The lowest BCUT2D eigenvalue weighted by molar-refractivity contribution is 0.0110. The molecule has 126 valence electrons. The second-order valence-corrected chi connectivity index (χ2v) is 7.85. The van der Waals surface area contributed by atoms with Crippen molar-refractivity contribution in [3.63, 3.8) is 0 Å². The molecule has 6 nitrogen and oxygen atoms in total. The van der Waals surface area contributed by atoms with Gasteiger partial charge in [-0.15, -0.1) is 0 Å². The van der Waals surface area contributed by atoms with E-state index in [9.17, 15) is 22.3 Å². The maximum absolute atomic E-state index is 14.2. The van der Waals surface area contributed by atoms with Crippen LogP contribution in [0.1, 0.15) is 19.4 Å². The van der Waals surface area contributed by atoms with E-state index in [2.05, 4.69) is 10.1 Å². The minimum Gasteiger partial charge on any atom is -0.382 e. The van der Waals surface area contributed by atoms with Gasteiger partial charge in [-0.05, 0) is 13.0 Å². The Morgan fingerprint density at radius 2 is 2.09 bits per heavy atom. The molecular formula is C14H17F2N3O3S. The minimum atomic E-state index is -3.71. The second-order valence-electron chi connectivity index (χ2n) is 5.24. The molecule has 0 saturated heterocycles. The molecule has 0 radical (unpaired) electrons. The maximum atomic E-state index is 14.2. The molecule has 0 amide bonds. The number of aromatic nitrogens is 3. The summed E-state index contributed by atoms with van der Waals surface area (Å²) in [5.74, 6) is -2.07. The summed E-state index contributed by atoms with van der Waals surface area (Å²) >= 11 is 0. The molecule has 2 rings (SSSR count). The highest BCUT2D eigenvalue weighted by Crippen LogP contribution is 2.33. The Hall–Kier alpha value is -1.87. The Labute approximate surface area is 132 Å². The van der Waals surface area contributed by atoms with Crippen LogP contribution in [0.2, 0.25) is 0 Å². The standard InChI is InChI=1S/C14H17F2N3O3S/c1-3-23(21,22)10(2)14(20,7-19-9-17-8-18-19)12-5-4-11(15)6-13(12)16/h4-6,8-10,20H,3,7H2,1-2H3/t10-,14-/m1/s1. The van der Waals surface area contributed by atoms with Crippen molar-refractivity contribution in [1.29, 1.82) is 0 Å². The Morgan fingerprint density at radius 1 is 1.39 bits per heavy atom. The van der Waals surface area contributed by atoms with Gasteiger partial charge in [0.1, 0.15) is 29.9 Å². The number of hydrogen-bond acceptors (Lipinski definition) is 5. The van der Waals surface area contributed by atoms with Crippen molar-refractivity contribution in [1.82, 2.24) is 14.8 Å². The lowest BCUT2D eigenvalue weighted by Gasteiger charge is -2.34. The fourth-order valence-electron chi connectivity index (χ4n) is 2.38. The molecule has 1 heterocycles. The summed E-state index contributed by atoms with van der Waals surface area (Å²) in [7, 11) is -3.71. The van der Waals surface area contributed by atoms with Gasteiger partial charge in [0.25, 0.3) is 0 Å². The van der Waals surface area contributed by atoms with Crippen LogP contribution in [0.15, 0.2) is 30.9 Å². The molecule has 0 saturated carbocycles. The molecule has 0 fully saturated rings. The number of aliphatic hydroxyl groups is 1. The average Bonchev–Trinajstić information content (AvgIpc) is 2.98. The number of sulfone groups is 1. The summed E-state index contributed by atoms with van der Waals surface area (Å²) in [6.45, 7) is 2.39. The number of nitrogens with zero attached hydrogens (tertiary/aromatic N) is 3.